The predicted molar refractivity (Wildman–Crippen MR) is 139 cm³/mol. The van der Waals surface area contributed by atoms with E-state index in [-0.39, 0.29) is 17.4 Å². The number of furan rings is 1. The van der Waals surface area contributed by atoms with Crippen LogP contribution in [0.5, 0.6) is 5.75 Å². The molecular weight excluding hydrogens is 468 g/mol. The quantitative estimate of drug-likeness (QED) is 0.421. The second kappa shape index (κ2) is 10.6. The highest BCUT2D eigenvalue weighted by Crippen LogP contribution is 2.41. The van der Waals surface area contributed by atoms with E-state index >= 15 is 0 Å². The number of hydrogen-bond donors (Lipinski definition) is 1. The lowest BCUT2D eigenvalue weighted by Gasteiger charge is -2.40. The molecule has 1 saturated heterocycles. The van der Waals surface area contributed by atoms with Crippen molar-refractivity contribution in [2.75, 3.05) is 26.7 Å². The highest BCUT2D eigenvalue weighted by molar-refractivity contribution is 6.15. The molecule has 7 heteroatoms. The highest BCUT2D eigenvalue weighted by atomic mass is 16.5. The van der Waals surface area contributed by atoms with Gasteiger partial charge in [-0.15, -0.1) is 0 Å². The number of carbonyl (C=O) groups is 2. The Balaban J connectivity index is 1.55. The lowest BCUT2D eigenvalue weighted by Crippen LogP contribution is -2.43. The lowest BCUT2D eigenvalue weighted by molar-refractivity contribution is -0.130. The maximum absolute atomic E-state index is 13.6. The fourth-order valence-corrected chi connectivity index (χ4v) is 5.38. The van der Waals surface area contributed by atoms with Gasteiger partial charge < -0.3 is 19.2 Å². The van der Waals surface area contributed by atoms with E-state index in [1.807, 2.05) is 30.3 Å². The van der Waals surface area contributed by atoms with Gasteiger partial charge in [-0.3, -0.25) is 14.5 Å². The van der Waals surface area contributed by atoms with Gasteiger partial charge in [-0.05, 0) is 67.2 Å². The molecule has 0 radical (unpaired) electrons. The molecule has 3 aromatic rings. The van der Waals surface area contributed by atoms with Crippen molar-refractivity contribution >= 4 is 11.7 Å². The molecule has 2 atom stereocenters. The molecule has 0 spiro atoms. The monoisotopic (exact) mass is 500 g/mol. The number of methoxy groups -OCH3 is 1. The van der Waals surface area contributed by atoms with Gasteiger partial charge in [0.1, 0.15) is 5.75 Å². The van der Waals surface area contributed by atoms with Crippen LogP contribution >= 0.6 is 0 Å². The number of aliphatic hydroxyl groups excluding tert-OH is 1. The van der Waals surface area contributed by atoms with Crippen LogP contribution in [0.2, 0.25) is 0 Å². The van der Waals surface area contributed by atoms with Gasteiger partial charge in [0.25, 0.3) is 5.91 Å². The summed E-state index contributed by atoms with van der Waals surface area (Å²) in [7, 11) is 1.59. The number of Topliss-reactive ketones (excluding diaryl/α,β-unsaturated/α-hetero) is 1. The van der Waals surface area contributed by atoms with E-state index < -0.39 is 23.5 Å². The summed E-state index contributed by atoms with van der Waals surface area (Å²) in [6.45, 7) is 4.45. The van der Waals surface area contributed by atoms with E-state index in [9.17, 15) is 14.7 Å². The average molecular weight is 501 g/mol. The Morgan fingerprint density at radius 3 is 2.38 bits per heavy atom. The zero-order valence-corrected chi connectivity index (χ0v) is 21.2. The maximum atomic E-state index is 13.6. The van der Waals surface area contributed by atoms with E-state index in [1.54, 1.807) is 36.3 Å². The normalized spacial score (nSPS) is 19.9. The number of aliphatic hydroxyl groups is 1. The number of benzene rings is 2. The number of likely N-dealkylation sites (tertiary alicyclic amines) is 1. The van der Waals surface area contributed by atoms with Gasteiger partial charge in [0.15, 0.2) is 11.5 Å². The third-order valence-corrected chi connectivity index (χ3v) is 7.54. The fourth-order valence-electron chi connectivity index (χ4n) is 5.38. The lowest BCUT2D eigenvalue weighted by atomic mass is 9.93. The van der Waals surface area contributed by atoms with E-state index in [0.29, 0.717) is 23.8 Å². The van der Waals surface area contributed by atoms with Gasteiger partial charge in [0, 0.05) is 6.54 Å². The summed E-state index contributed by atoms with van der Waals surface area (Å²) in [6, 6.07) is 19.7. The van der Waals surface area contributed by atoms with Gasteiger partial charge in [-0.2, -0.15) is 0 Å². The fraction of sp³-hybridized carbons (Fsp3) is 0.333. The SMILES string of the molecule is COc1ccc(C2C(C(=O)c3ccco3)=C(O)C(=O)N2CC(c2ccccc2)N2CCC(C)CC2)cc1. The Morgan fingerprint density at radius 2 is 1.76 bits per heavy atom. The molecular formula is C30H32N2O5. The highest BCUT2D eigenvalue weighted by Gasteiger charge is 2.45. The van der Waals surface area contributed by atoms with Gasteiger partial charge in [0.2, 0.25) is 5.78 Å². The minimum absolute atomic E-state index is 0.0317. The Bertz CT molecular complexity index is 1260. The number of hydrogen-bond acceptors (Lipinski definition) is 6. The van der Waals surface area contributed by atoms with Gasteiger partial charge in [-0.25, -0.2) is 0 Å². The largest absolute Gasteiger partial charge is 0.503 e. The standard InChI is InChI=1S/C30H32N2O5/c1-20-14-16-31(17-15-20)24(21-7-4-3-5-8-21)19-32-27(22-10-12-23(36-2)13-11-22)26(29(34)30(32)35)28(33)25-9-6-18-37-25/h3-13,18,20,24,27,34H,14-17,19H2,1-2H3. The number of amides is 1. The molecule has 2 unspecified atom stereocenters. The van der Waals surface area contributed by atoms with Crippen molar-refractivity contribution in [1.82, 2.24) is 9.80 Å². The maximum Gasteiger partial charge on any atom is 0.290 e. The van der Waals surface area contributed by atoms with Gasteiger partial charge in [-0.1, -0.05) is 49.4 Å². The number of piperidine rings is 1. The smallest absolute Gasteiger partial charge is 0.290 e. The van der Waals surface area contributed by atoms with Gasteiger partial charge in [0.05, 0.1) is 31.0 Å². The molecule has 2 aliphatic rings. The summed E-state index contributed by atoms with van der Waals surface area (Å²) in [5.41, 5.74) is 1.85. The minimum Gasteiger partial charge on any atom is -0.503 e. The first kappa shape index (κ1) is 24.8. The number of ether oxygens (including phenoxy) is 1. The molecule has 3 heterocycles. The summed E-state index contributed by atoms with van der Waals surface area (Å²) < 4.78 is 10.7. The first-order valence-electron chi connectivity index (χ1n) is 12.7. The van der Waals surface area contributed by atoms with Crippen molar-refractivity contribution in [3.05, 3.63) is 101 Å². The van der Waals surface area contributed by atoms with Crippen molar-refractivity contribution in [3.63, 3.8) is 0 Å². The number of nitrogens with zero attached hydrogens (tertiary/aromatic N) is 2. The van der Waals surface area contributed by atoms with Crippen LogP contribution in [0.1, 0.15) is 53.5 Å². The third kappa shape index (κ3) is 4.91. The molecule has 7 nitrogen and oxygen atoms in total. The molecule has 2 aromatic carbocycles. The third-order valence-electron chi connectivity index (χ3n) is 7.54. The number of rotatable bonds is 8. The van der Waals surface area contributed by atoms with Crippen LogP contribution in [-0.4, -0.2) is 53.3 Å². The molecule has 0 saturated carbocycles. The van der Waals surface area contributed by atoms with Crippen molar-refractivity contribution < 1.29 is 23.8 Å². The van der Waals surface area contributed by atoms with Crippen LogP contribution in [-0.2, 0) is 4.79 Å². The molecule has 0 bridgehead atoms. The summed E-state index contributed by atoms with van der Waals surface area (Å²) >= 11 is 0. The predicted octanol–water partition coefficient (Wildman–Crippen LogP) is 5.34. The van der Waals surface area contributed by atoms with E-state index in [0.717, 1.165) is 31.5 Å². The second-order valence-electron chi connectivity index (χ2n) is 9.85. The molecule has 1 aromatic heterocycles. The molecule has 192 valence electrons. The molecule has 1 amide bonds. The summed E-state index contributed by atoms with van der Waals surface area (Å²) in [5, 5.41) is 11.0. The average Bonchev–Trinajstić information content (AvgIpc) is 3.56. The number of carbonyl (C=O) groups excluding carboxylic acids is 2. The summed E-state index contributed by atoms with van der Waals surface area (Å²) in [5.74, 6) is -0.169. The second-order valence-corrected chi connectivity index (χ2v) is 9.85. The van der Waals surface area contributed by atoms with Crippen LogP contribution in [0.3, 0.4) is 0 Å². The Morgan fingerprint density at radius 1 is 1.05 bits per heavy atom. The molecule has 5 rings (SSSR count). The molecule has 0 aliphatic carbocycles. The first-order chi connectivity index (χ1) is 18.0. The number of ketones is 1. The van der Waals surface area contributed by atoms with E-state index in [4.69, 9.17) is 9.15 Å². The van der Waals surface area contributed by atoms with Crippen molar-refractivity contribution in [2.45, 2.75) is 31.8 Å². The zero-order chi connectivity index (χ0) is 25.9. The van der Waals surface area contributed by atoms with Crippen molar-refractivity contribution in [3.8, 4) is 5.75 Å². The van der Waals surface area contributed by atoms with Crippen LogP contribution < -0.4 is 4.74 Å². The zero-order valence-electron chi connectivity index (χ0n) is 21.2. The van der Waals surface area contributed by atoms with Crippen molar-refractivity contribution in [1.29, 1.82) is 0 Å². The van der Waals surface area contributed by atoms with Crippen LogP contribution in [0, 0.1) is 5.92 Å². The Kier molecular flexibility index (Phi) is 7.15. The molecule has 2 aliphatic heterocycles. The van der Waals surface area contributed by atoms with Crippen LogP contribution in [0.15, 0.2) is 88.7 Å². The molecule has 1 N–H and O–H groups in total. The summed E-state index contributed by atoms with van der Waals surface area (Å²) in [6.07, 6.45) is 3.58. The van der Waals surface area contributed by atoms with E-state index in [2.05, 4.69) is 24.0 Å². The van der Waals surface area contributed by atoms with E-state index in [1.165, 1.54) is 6.26 Å². The van der Waals surface area contributed by atoms with Crippen LogP contribution in [0.4, 0.5) is 0 Å². The minimum atomic E-state index is -0.758. The Labute approximate surface area is 216 Å². The Hall–Kier alpha value is -3.84. The first-order valence-corrected chi connectivity index (χ1v) is 12.7. The van der Waals surface area contributed by atoms with Crippen molar-refractivity contribution in [2.24, 2.45) is 5.92 Å². The summed E-state index contributed by atoms with van der Waals surface area (Å²) in [4.78, 5) is 31.1. The molecule has 1 fully saturated rings. The topological polar surface area (TPSA) is 83.2 Å². The van der Waals surface area contributed by atoms with Crippen LogP contribution in [0.25, 0.3) is 0 Å². The molecule has 37 heavy (non-hydrogen) atoms. The van der Waals surface area contributed by atoms with Gasteiger partial charge >= 0.3 is 0 Å².